The average Bonchev–Trinajstić information content (AvgIpc) is 2.89. The molecule has 1 aliphatic rings. The van der Waals surface area contributed by atoms with E-state index in [4.69, 9.17) is 15.3 Å². The van der Waals surface area contributed by atoms with Crippen LogP contribution in [0.25, 0.3) is 0 Å². The second-order valence-electron chi connectivity index (χ2n) is 3.90. The van der Waals surface area contributed by atoms with Crippen molar-refractivity contribution in [3.8, 4) is 5.88 Å². The lowest BCUT2D eigenvalue weighted by Gasteiger charge is -2.11. The molecule has 0 bridgehead atoms. The van der Waals surface area contributed by atoms with Gasteiger partial charge in [-0.3, -0.25) is 10.1 Å². The SMILES string of the molecule is NNc1cc([N+](=O)[O-])cc(OCC2CCCO2)n1. The molecule has 1 aliphatic heterocycles. The quantitative estimate of drug-likeness (QED) is 0.454. The van der Waals surface area contributed by atoms with Gasteiger partial charge in [-0.2, -0.15) is 4.98 Å². The lowest BCUT2D eigenvalue weighted by atomic mass is 10.2. The van der Waals surface area contributed by atoms with Gasteiger partial charge in [0.2, 0.25) is 5.88 Å². The van der Waals surface area contributed by atoms with Crippen LogP contribution in [0.5, 0.6) is 5.88 Å². The number of anilines is 1. The zero-order valence-electron chi connectivity index (χ0n) is 9.67. The molecule has 8 nitrogen and oxygen atoms in total. The Hall–Kier alpha value is -1.93. The number of nitro groups is 1. The summed E-state index contributed by atoms with van der Waals surface area (Å²) in [7, 11) is 0. The van der Waals surface area contributed by atoms with Gasteiger partial charge >= 0.3 is 0 Å². The van der Waals surface area contributed by atoms with Crippen molar-refractivity contribution in [2.24, 2.45) is 5.84 Å². The van der Waals surface area contributed by atoms with Gasteiger partial charge in [-0.15, -0.1) is 0 Å². The Labute approximate surface area is 103 Å². The number of hydrogen-bond acceptors (Lipinski definition) is 7. The number of hydrazine groups is 1. The molecule has 1 aromatic heterocycles. The van der Waals surface area contributed by atoms with E-state index in [0.29, 0.717) is 6.61 Å². The van der Waals surface area contributed by atoms with Crippen molar-refractivity contribution in [3.63, 3.8) is 0 Å². The molecule has 0 saturated carbocycles. The number of nitrogen functional groups attached to an aromatic ring is 1. The summed E-state index contributed by atoms with van der Waals surface area (Å²) in [6.07, 6.45) is 1.96. The standard InChI is InChI=1S/C10H14N4O4/c11-13-9-4-7(14(15)16)5-10(12-9)18-6-8-2-1-3-17-8/h4-5,8H,1-3,6,11H2,(H,12,13). The van der Waals surface area contributed by atoms with Gasteiger partial charge < -0.3 is 14.9 Å². The molecule has 1 unspecified atom stereocenters. The van der Waals surface area contributed by atoms with Gasteiger partial charge in [0.15, 0.2) is 5.82 Å². The van der Waals surface area contributed by atoms with E-state index in [1.807, 2.05) is 0 Å². The molecule has 8 heteroatoms. The third-order valence-electron chi connectivity index (χ3n) is 2.59. The van der Waals surface area contributed by atoms with Gasteiger partial charge in [0.1, 0.15) is 6.61 Å². The zero-order chi connectivity index (χ0) is 13.0. The molecule has 0 spiro atoms. The van der Waals surface area contributed by atoms with Crippen LogP contribution < -0.4 is 16.0 Å². The molecule has 1 fully saturated rings. The first kappa shape index (κ1) is 12.5. The highest BCUT2D eigenvalue weighted by molar-refractivity contribution is 5.47. The van der Waals surface area contributed by atoms with Crippen LogP contribution in [-0.2, 0) is 4.74 Å². The minimum atomic E-state index is -0.526. The first-order valence-electron chi connectivity index (χ1n) is 5.56. The zero-order valence-corrected chi connectivity index (χ0v) is 9.67. The van der Waals surface area contributed by atoms with Crippen LogP contribution in [0, 0.1) is 10.1 Å². The van der Waals surface area contributed by atoms with E-state index < -0.39 is 4.92 Å². The normalized spacial score (nSPS) is 18.6. The molecule has 0 radical (unpaired) electrons. The average molecular weight is 254 g/mol. The lowest BCUT2D eigenvalue weighted by Crippen LogP contribution is -2.17. The Morgan fingerprint density at radius 1 is 1.67 bits per heavy atom. The van der Waals surface area contributed by atoms with Crippen molar-refractivity contribution in [3.05, 3.63) is 22.2 Å². The molecule has 0 amide bonds. The summed E-state index contributed by atoms with van der Waals surface area (Å²) < 4.78 is 10.8. The molecule has 1 aromatic rings. The maximum atomic E-state index is 10.7. The largest absolute Gasteiger partial charge is 0.475 e. The molecule has 1 saturated heterocycles. The summed E-state index contributed by atoms with van der Waals surface area (Å²) in [5.74, 6) is 5.54. The number of aromatic nitrogens is 1. The third kappa shape index (κ3) is 3.05. The maximum Gasteiger partial charge on any atom is 0.278 e. The number of nitrogens with zero attached hydrogens (tertiary/aromatic N) is 2. The number of rotatable bonds is 5. The molecule has 18 heavy (non-hydrogen) atoms. The van der Waals surface area contributed by atoms with Crippen LogP contribution in [0.2, 0.25) is 0 Å². The fourth-order valence-electron chi connectivity index (χ4n) is 1.70. The first-order chi connectivity index (χ1) is 8.69. The monoisotopic (exact) mass is 254 g/mol. The molecular formula is C10H14N4O4. The first-order valence-corrected chi connectivity index (χ1v) is 5.56. The highest BCUT2D eigenvalue weighted by Gasteiger charge is 2.17. The van der Waals surface area contributed by atoms with Crippen LogP contribution >= 0.6 is 0 Å². The molecule has 0 aliphatic carbocycles. The number of hydrogen-bond donors (Lipinski definition) is 2. The fourth-order valence-corrected chi connectivity index (χ4v) is 1.70. The minimum Gasteiger partial charge on any atom is -0.475 e. The summed E-state index contributed by atoms with van der Waals surface area (Å²) in [4.78, 5) is 14.2. The summed E-state index contributed by atoms with van der Waals surface area (Å²) in [5, 5.41) is 10.7. The highest BCUT2D eigenvalue weighted by Crippen LogP contribution is 2.22. The van der Waals surface area contributed by atoms with Gasteiger partial charge in [0.05, 0.1) is 23.2 Å². The van der Waals surface area contributed by atoms with Crippen molar-refractivity contribution in [1.82, 2.24) is 4.98 Å². The lowest BCUT2D eigenvalue weighted by molar-refractivity contribution is -0.384. The third-order valence-corrected chi connectivity index (χ3v) is 2.59. The predicted octanol–water partition coefficient (Wildman–Crippen LogP) is 0.833. The molecule has 98 valence electrons. The molecule has 2 heterocycles. The molecule has 2 rings (SSSR count). The van der Waals surface area contributed by atoms with Crippen molar-refractivity contribution < 1.29 is 14.4 Å². The van der Waals surface area contributed by atoms with Crippen LogP contribution in [0.1, 0.15) is 12.8 Å². The van der Waals surface area contributed by atoms with E-state index in [-0.39, 0.29) is 23.5 Å². The number of nitrogens with one attached hydrogen (secondary N) is 1. The van der Waals surface area contributed by atoms with Gasteiger partial charge in [0, 0.05) is 6.61 Å². The van der Waals surface area contributed by atoms with Gasteiger partial charge in [-0.1, -0.05) is 0 Å². The number of ether oxygens (including phenoxy) is 2. The van der Waals surface area contributed by atoms with Crippen molar-refractivity contribution in [1.29, 1.82) is 0 Å². The second kappa shape index (κ2) is 5.61. The maximum absolute atomic E-state index is 10.7. The van der Waals surface area contributed by atoms with E-state index in [0.717, 1.165) is 19.4 Å². The van der Waals surface area contributed by atoms with E-state index >= 15 is 0 Å². The Kier molecular flexibility index (Phi) is 3.90. The fraction of sp³-hybridized carbons (Fsp3) is 0.500. The van der Waals surface area contributed by atoms with Gasteiger partial charge in [-0.25, -0.2) is 5.84 Å². The summed E-state index contributed by atoms with van der Waals surface area (Å²) in [6, 6.07) is 2.49. The smallest absolute Gasteiger partial charge is 0.278 e. The van der Waals surface area contributed by atoms with E-state index in [2.05, 4.69) is 10.4 Å². The molecule has 1 atom stereocenters. The van der Waals surface area contributed by atoms with E-state index in [9.17, 15) is 10.1 Å². The van der Waals surface area contributed by atoms with Crippen molar-refractivity contribution in [2.75, 3.05) is 18.6 Å². The van der Waals surface area contributed by atoms with Crippen molar-refractivity contribution in [2.45, 2.75) is 18.9 Å². The highest BCUT2D eigenvalue weighted by atomic mass is 16.6. The summed E-state index contributed by atoms with van der Waals surface area (Å²) in [6.45, 7) is 1.06. The summed E-state index contributed by atoms with van der Waals surface area (Å²) >= 11 is 0. The Morgan fingerprint density at radius 2 is 2.50 bits per heavy atom. The van der Waals surface area contributed by atoms with Crippen LogP contribution in [0.15, 0.2) is 12.1 Å². The Balaban J connectivity index is 2.05. The topological polar surface area (TPSA) is 113 Å². The number of nitrogens with two attached hydrogens (primary N) is 1. The van der Waals surface area contributed by atoms with Crippen LogP contribution in [0.4, 0.5) is 11.5 Å². The van der Waals surface area contributed by atoms with Crippen LogP contribution in [0.3, 0.4) is 0 Å². The Morgan fingerprint density at radius 3 is 3.11 bits per heavy atom. The van der Waals surface area contributed by atoms with Gasteiger partial charge in [-0.05, 0) is 12.8 Å². The minimum absolute atomic E-state index is 0.0281. The van der Waals surface area contributed by atoms with E-state index in [1.165, 1.54) is 12.1 Å². The van der Waals surface area contributed by atoms with E-state index in [1.54, 1.807) is 0 Å². The molecular weight excluding hydrogens is 240 g/mol. The molecule has 0 aromatic carbocycles. The van der Waals surface area contributed by atoms with Crippen molar-refractivity contribution >= 4 is 11.5 Å². The number of pyridine rings is 1. The van der Waals surface area contributed by atoms with Crippen LogP contribution in [-0.4, -0.2) is 29.2 Å². The molecule has 3 N–H and O–H groups in total. The summed E-state index contributed by atoms with van der Waals surface area (Å²) in [5.41, 5.74) is 2.14. The second-order valence-corrected chi connectivity index (χ2v) is 3.90. The predicted molar refractivity (Wildman–Crippen MR) is 63.2 cm³/mol. The van der Waals surface area contributed by atoms with Gasteiger partial charge in [0.25, 0.3) is 5.69 Å². The Bertz CT molecular complexity index is 434.